The van der Waals surface area contributed by atoms with E-state index in [4.69, 9.17) is 4.74 Å². The molecule has 0 aliphatic rings. The number of aromatic nitrogens is 3. The number of hydrogen-bond acceptors (Lipinski definition) is 7. The molecule has 0 aliphatic heterocycles. The Morgan fingerprint density at radius 2 is 2.00 bits per heavy atom. The first-order chi connectivity index (χ1) is 14.6. The minimum absolute atomic E-state index is 0.0777. The van der Waals surface area contributed by atoms with Crippen LogP contribution in [0.3, 0.4) is 0 Å². The zero-order chi connectivity index (χ0) is 20.9. The van der Waals surface area contributed by atoms with Gasteiger partial charge in [-0.1, -0.05) is 41.7 Å². The molecule has 1 amide bonds. The zero-order valence-electron chi connectivity index (χ0n) is 16.6. The highest BCUT2D eigenvalue weighted by atomic mass is 32.1. The summed E-state index contributed by atoms with van der Waals surface area (Å²) in [4.78, 5) is 16.6. The van der Waals surface area contributed by atoms with Crippen molar-refractivity contribution in [2.24, 2.45) is 0 Å². The molecule has 0 spiro atoms. The van der Waals surface area contributed by atoms with Crippen LogP contribution in [0.5, 0.6) is 5.75 Å². The zero-order valence-corrected chi connectivity index (χ0v) is 17.4. The van der Waals surface area contributed by atoms with Gasteiger partial charge in [-0.15, -0.1) is 10.2 Å². The number of anilines is 2. The second kappa shape index (κ2) is 8.87. The third-order valence-corrected chi connectivity index (χ3v) is 5.02. The van der Waals surface area contributed by atoms with Crippen molar-refractivity contribution in [3.05, 3.63) is 71.4 Å². The van der Waals surface area contributed by atoms with Crippen LogP contribution in [-0.2, 0) is 6.54 Å². The molecule has 0 unspecified atom stereocenters. The normalized spacial score (nSPS) is 10.9. The summed E-state index contributed by atoms with van der Waals surface area (Å²) in [6, 6.07) is 15.8. The smallest absolute Gasteiger partial charge is 0.259 e. The van der Waals surface area contributed by atoms with Crippen LogP contribution >= 0.6 is 11.3 Å². The van der Waals surface area contributed by atoms with Crippen LogP contribution < -0.4 is 15.4 Å². The van der Waals surface area contributed by atoms with Gasteiger partial charge in [0.1, 0.15) is 17.1 Å². The molecule has 0 fully saturated rings. The highest BCUT2D eigenvalue weighted by Crippen LogP contribution is 2.29. The summed E-state index contributed by atoms with van der Waals surface area (Å²) >= 11 is 1.26. The number of carbonyl (C=O) groups excluding carboxylic acids is 1. The maximum Gasteiger partial charge on any atom is 0.259 e. The van der Waals surface area contributed by atoms with E-state index >= 15 is 0 Å². The van der Waals surface area contributed by atoms with Crippen molar-refractivity contribution in [3.8, 4) is 5.75 Å². The van der Waals surface area contributed by atoms with Crippen molar-refractivity contribution < 1.29 is 9.53 Å². The molecule has 2 aromatic heterocycles. The van der Waals surface area contributed by atoms with E-state index in [-0.39, 0.29) is 12.0 Å². The van der Waals surface area contributed by atoms with Gasteiger partial charge in [-0.25, -0.2) is 4.98 Å². The van der Waals surface area contributed by atoms with Crippen LogP contribution in [-0.4, -0.2) is 27.2 Å². The third kappa shape index (κ3) is 4.55. The minimum atomic E-state index is -0.271. The standard InChI is InChI=1S/C22H21N5O2S/c1-14(2)29-19-9-7-15-5-3-4-6-17(15)18(19)12-24-20-10-8-16(11-23-20)21(28)26-22-27-25-13-30-22/h3-11,13-14H,12H2,1-2H3,(H,23,24)(H,26,27,28). The number of carbonyl (C=O) groups is 1. The number of ether oxygens (including phenoxy) is 1. The van der Waals surface area contributed by atoms with Crippen LogP contribution in [0.1, 0.15) is 29.8 Å². The van der Waals surface area contributed by atoms with Crippen molar-refractivity contribution in [1.82, 2.24) is 15.2 Å². The van der Waals surface area contributed by atoms with E-state index in [0.29, 0.717) is 23.1 Å². The second-order valence-electron chi connectivity index (χ2n) is 6.91. The molecule has 0 atom stereocenters. The molecule has 7 nitrogen and oxygen atoms in total. The first-order valence-corrected chi connectivity index (χ1v) is 10.4. The van der Waals surface area contributed by atoms with Gasteiger partial charge in [0.25, 0.3) is 5.91 Å². The lowest BCUT2D eigenvalue weighted by molar-refractivity contribution is 0.102. The van der Waals surface area contributed by atoms with E-state index in [1.807, 2.05) is 32.0 Å². The summed E-state index contributed by atoms with van der Waals surface area (Å²) in [6.07, 6.45) is 1.61. The Hall–Kier alpha value is -3.52. The molecular formula is C22H21N5O2S. The van der Waals surface area contributed by atoms with Crippen LogP contribution in [0, 0.1) is 0 Å². The van der Waals surface area contributed by atoms with E-state index in [9.17, 15) is 4.79 Å². The second-order valence-corrected chi connectivity index (χ2v) is 7.75. The number of nitrogens with one attached hydrogen (secondary N) is 2. The fourth-order valence-corrected chi connectivity index (χ4v) is 3.51. The number of amides is 1. The van der Waals surface area contributed by atoms with E-state index < -0.39 is 0 Å². The van der Waals surface area contributed by atoms with Crippen molar-refractivity contribution >= 4 is 39.0 Å². The van der Waals surface area contributed by atoms with Gasteiger partial charge in [0.15, 0.2) is 0 Å². The highest BCUT2D eigenvalue weighted by molar-refractivity contribution is 7.13. The molecule has 8 heteroatoms. The van der Waals surface area contributed by atoms with Gasteiger partial charge in [0.05, 0.1) is 11.7 Å². The highest BCUT2D eigenvalue weighted by Gasteiger charge is 2.12. The molecule has 0 saturated carbocycles. The molecule has 4 aromatic rings. The number of pyridine rings is 1. The topological polar surface area (TPSA) is 89.0 Å². The average Bonchev–Trinajstić information content (AvgIpc) is 3.26. The molecule has 0 radical (unpaired) electrons. The first-order valence-electron chi connectivity index (χ1n) is 9.55. The van der Waals surface area contributed by atoms with Gasteiger partial charge in [-0.3, -0.25) is 10.1 Å². The fourth-order valence-electron chi connectivity index (χ4n) is 3.07. The molecule has 0 bridgehead atoms. The summed E-state index contributed by atoms with van der Waals surface area (Å²) in [5, 5.41) is 16.3. The Kier molecular flexibility index (Phi) is 5.85. The van der Waals surface area contributed by atoms with Gasteiger partial charge in [0, 0.05) is 18.3 Å². The SMILES string of the molecule is CC(C)Oc1ccc2ccccc2c1CNc1ccc(C(=O)Nc2nncs2)cn1. The number of fused-ring (bicyclic) bond motifs is 1. The Bertz CT molecular complexity index is 1140. The monoisotopic (exact) mass is 419 g/mol. The number of nitrogens with zero attached hydrogens (tertiary/aromatic N) is 3. The lowest BCUT2D eigenvalue weighted by Crippen LogP contribution is -2.13. The molecule has 2 aromatic carbocycles. The van der Waals surface area contributed by atoms with Crippen molar-refractivity contribution in [1.29, 1.82) is 0 Å². The van der Waals surface area contributed by atoms with Crippen LogP contribution in [0.15, 0.2) is 60.2 Å². The quantitative estimate of drug-likeness (QED) is 0.450. The van der Waals surface area contributed by atoms with Gasteiger partial charge in [-0.2, -0.15) is 0 Å². The Morgan fingerprint density at radius 3 is 2.73 bits per heavy atom. The predicted octanol–water partition coefficient (Wildman–Crippen LogP) is 4.74. The molecule has 4 rings (SSSR count). The molecule has 0 saturated heterocycles. The van der Waals surface area contributed by atoms with Crippen LogP contribution in [0.25, 0.3) is 10.8 Å². The van der Waals surface area contributed by atoms with E-state index in [1.54, 1.807) is 17.6 Å². The van der Waals surface area contributed by atoms with Crippen LogP contribution in [0.2, 0.25) is 0 Å². The Labute approximate surface area is 178 Å². The maximum absolute atomic E-state index is 12.2. The summed E-state index contributed by atoms with van der Waals surface area (Å²) in [5.74, 6) is 1.25. The Morgan fingerprint density at radius 1 is 1.13 bits per heavy atom. The molecule has 0 aliphatic carbocycles. The fraction of sp³-hybridized carbons (Fsp3) is 0.182. The number of rotatable bonds is 7. The van der Waals surface area contributed by atoms with E-state index in [0.717, 1.165) is 22.1 Å². The first kappa shape index (κ1) is 19.8. The average molecular weight is 420 g/mol. The summed E-state index contributed by atoms with van der Waals surface area (Å²) in [7, 11) is 0. The third-order valence-electron chi connectivity index (χ3n) is 4.41. The summed E-state index contributed by atoms with van der Waals surface area (Å²) in [6.45, 7) is 4.58. The lowest BCUT2D eigenvalue weighted by Gasteiger charge is -2.17. The van der Waals surface area contributed by atoms with Gasteiger partial charge < -0.3 is 10.1 Å². The van der Waals surface area contributed by atoms with Gasteiger partial charge in [0.2, 0.25) is 5.13 Å². The van der Waals surface area contributed by atoms with Crippen LogP contribution in [0.4, 0.5) is 10.9 Å². The van der Waals surface area contributed by atoms with Crippen molar-refractivity contribution in [2.75, 3.05) is 10.6 Å². The lowest BCUT2D eigenvalue weighted by atomic mass is 10.0. The van der Waals surface area contributed by atoms with Gasteiger partial charge >= 0.3 is 0 Å². The summed E-state index contributed by atoms with van der Waals surface area (Å²) < 4.78 is 6.02. The van der Waals surface area contributed by atoms with Crippen molar-refractivity contribution in [2.45, 2.75) is 26.5 Å². The molecule has 30 heavy (non-hydrogen) atoms. The van der Waals surface area contributed by atoms with Gasteiger partial charge in [-0.05, 0) is 42.8 Å². The number of hydrogen-bond donors (Lipinski definition) is 2. The molecule has 152 valence electrons. The molecule has 2 N–H and O–H groups in total. The number of benzene rings is 2. The predicted molar refractivity (Wildman–Crippen MR) is 119 cm³/mol. The van der Waals surface area contributed by atoms with Crippen molar-refractivity contribution in [3.63, 3.8) is 0 Å². The van der Waals surface area contributed by atoms with E-state index in [2.05, 4.69) is 44.0 Å². The largest absolute Gasteiger partial charge is 0.491 e. The minimum Gasteiger partial charge on any atom is -0.491 e. The summed E-state index contributed by atoms with van der Waals surface area (Å²) in [5.41, 5.74) is 3.08. The maximum atomic E-state index is 12.2. The molecule has 2 heterocycles. The molecular weight excluding hydrogens is 398 g/mol. The van der Waals surface area contributed by atoms with E-state index in [1.165, 1.54) is 17.5 Å². The Balaban J connectivity index is 1.50.